The lowest BCUT2D eigenvalue weighted by Crippen LogP contribution is -2.38. The molecule has 0 saturated heterocycles. The van der Waals surface area contributed by atoms with Gasteiger partial charge in [0.1, 0.15) is 0 Å². The van der Waals surface area contributed by atoms with Crippen molar-refractivity contribution in [2.24, 2.45) is 5.92 Å². The normalized spacial score (nSPS) is 11.9. The van der Waals surface area contributed by atoms with Gasteiger partial charge in [0, 0.05) is 19.5 Å². The minimum absolute atomic E-state index is 0.182. The van der Waals surface area contributed by atoms with Crippen LogP contribution < -0.4 is 9.44 Å². The average Bonchev–Trinajstić information content (AvgIpc) is 2.25. The highest BCUT2D eigenvalue weighted by Crippen LogP contribution is 2.02. The molecule has 0 aromatic rings. The van der Waals surface area contributed by atoms with Crippen molar-refractivity contribution in [2.45, 2.75) is 46.0 Å². The smallest absolute Gasteiger partial charge is 0.303 e. The summed E-state index contributed by atoms with van der Waals surface area (Å²) in [6, 6.07) is 0. The number of unbranched alkanes of at least 4 members (excludes halogenated alkanes) is 3. The molecule has 6 nitrogen and oxygen atoms in total. The average molecular weight is 280 g/mol. The summed E-state index contributed by atoms with van der Waals surface area (Å²) in [6.07, 6.45) is 3.20. The number of hydrogen-bond acceptors (Lipinski definition) is 3. The molecule has 0 amide bonds. The van der Waals surface area contributed by atoms with Gasteiger partial charge in [0.25, 0.3) is 10.2 Å². The Kier molecular flexibility index (Phi) is 8.95. The highest BCUT2D eigenvalue weighted by Gasteiger charge is 2.08. The molecule has 108 valence electrons. The molecule has 0 aromatic carbocycles. The minimum Gasteiger partial charge on any atom is -0.481 e. The molecule has 0 aliphatic carbocycles. The van der Waals surface area contributed by atoms with Crippen LogP contribution in [0.15, 0.2) is 0 Å². The van der Waals surface area contributed by atoms with Crippen molar-refractivity contribution in [3.8, 4) is 0 Å². The molecule has 0 unspecified atom stereocenters. The summed E-state index contributed by atoms with van der Waals surface area (Å²) in [5.41, 5.74) is 0. The molecule has 18 heavy (non-hydrogen) atoms. The van der Waals surface area contributed by atoms with Crippen molar-refractivity contribution in [1.29, 1.82) is 0 Å². The van der Waals surface area contributed by atoms with E-state index in [1.165, 1.54) is 0 Å². The summed E-state index contributed by atoms with van der Waals surface area (Å²) in [6.45, 7) is 4.68. The number of nitrogens with one attached hydrogen (secondary N) is 2. The largest absolute Gasteiger partial charge is 0.481 e. The van der Waals surface area contributed by atoms with Gasteiger partial charge in [-0.15, -0.1) is 0 Å². The van der Waals surface area contributed by atoms with Crippen LogP contribution in [0.5, 0.6) is 0 Å². The van der Waals surface area contributed by atoms with Crippen LogP contribution in [0.2, 0.25) is 0 Å². The van der Waals surface area contributed by atoms with Gasteiger partial charge in [-0.3, -0.25) is 4.79 Å². The van der Waals surface area contributed by atoms with Crippen LogP contribution in [-0.4, -0.2) is 32.6 Å². The van der Waals surface area contributed by atoms with E-state index in [-0.39, 0.29) is 12.3 Å². The Morgan fingerprint density at radius 1 is 1.11 bits per heavy atom. The molecular formula is C11H24N2O4S. The fraction of sp³-hybridized carbons (Fsp3) is 0.909. The minimum atomic E-state index is -3.38. The Bertz CT molecular complexity index is 328. The van der Waals surface area contributed by atoms with E-state index < -0.39 is 16.2 Å². The van der Waals surface area contributed by atoms with Gasteiger partial charge >= 0.3 is 5.97 Å². The molecule has 0 aliphatic heterocycles. The van der Waals surface area contributed by atoms with Crippen LogP contribution in [0.3, 0.4) is 0 Å². The number of hydrogen-bond donors (Lipinski definition) is 3. The van der Waals surface area contributed by atoms with E-state index in [4.69, 9.17) is 5.11 Å². The number of carbonyl (C=O) groups is 1. The van der Waals surface area contributed by atoms with E-state index >= 15 is 0 Å². The van der Waals surface area contributed by atoms with Crippen molar-refractivity contribution < 1.29 is 18.3 Å². The van der Waals surface area contributed by atoms with E-state index in [0.717, 1.165) is 19.3 Å². The third-order valence-electron chi connectivity index (χ3n) is 2.29. The molecule has 0 bridgehead atoms. The summed E-state index contributed by atoms with van der Waals surface area (Å²) in [5.74, 6) is -0.508. The molecule has 0 saturated carbocycles. The maximum Gasteiger partial charge on any atom is 0.303 e. The lowest BCUT2D eigenvalue weighted by Gasteiger charge is -2.09. The summed E-state index contributed by atoms with van der Waals surface area (Å²) in [4.78, 5) is 10.2. The maximum absolute atomic E-state index is 11.4. The van der Waals surface area contributed by atoms with Gasteiger partial charge in [-0.1, -0.05) is 26.7 Å². The Morgan fingerprint density at radius 3 is 2.28 bits per heavy atom. The zero-order valence-corrected chi connectivity index (χ0v) is 11.9. The first-order valence-corrected chi connectivity index (χ1v) is 7.78. The highest BCUT2D eigenvalue weighted by atomic mass is 32.2. The van der Waals surface area contributed by atoms with Gasteiger partial charge in [0.2, 0.25) is 0 Å². The lowest BCUT2D eigenvalue weighted by atomic mass is 10.1. The van der Waals surface area contributed by atoms with Crippen molar-refractivity contribution in [3.63, 3.8) is 0 Å². The van der Waals surface area contributed by atoms with Crippen molar-refractivity contribution >= 4 is 16.2 Å². The summed E-state index contributed by atoms with van der Waals surface area (Å²) in [7, 11) is -3.38. The molecule has 0 aromatic heterocycles. The predicted molar refractivity (Wildman–Crippen MR) is 70.5 cm³/mol. The van der Waals surface area contributed by atoms with E-state index in [1.54, 1.807) is 0 Å². The van der Waals surface area contributed by atoms with Crippen molar-refractivity contribution in [3.05, 3.63) is 0 Å². The maximum atomic E-state index is 11.4. The standard InChI is InChI=1S/C11H24N2O4S/c1-10(2)9-13-18(16,17)12-8-6-4-3-5-7-11(14)15/h10,12-13H,3-9H2,1-2H3,(H,14,15). The Labute approximate surface area is 109 Å². The third kappa shape index (κ3) is 11.8. The van der Waals surface area contributed by atoms with Crippen LogP contribution in [0, 0.1) is 5.92 Å². The van der Waals surface area contributed by atoms with Crippen LogP contribution in [0.25, 0.3) is 0 Å². The highest BCUT2D eigenvalue weighted by molar-refractivity contribution is 7.87. The molecular weight excluding hydrogens is 256 g/mol. The third-order valence-corrected chi connectivity index (χ3v) is 3.42. The Balaban J connectivity index is 3.50. The van der Waals surface area contributed by atoms with E-state index in [1.807, 2.05) is 13.8 Å². The van der Waals surface area contributed by atoms with Gasteiger partial charge < -0.3 is 5.11 Å². The predicted octanol–water partition coefficient (Wildman–Crippen LogP) is 1.10. The topological polar surface area (TPSA) is 95.5 Å². The second-order valence-electron chi connectivity index (χ2n) is 4.70. The molecule has 7 heteroatoms. The molecule has 0 aliphatic rings. The molecule has 0 radical (unpaired) electrons. The zero-order valence-electron chi connectivity index (χ0n) is 11.1. The number of aliphatic carboxylic acids is 1. The summed E-state index contributed by atoms with van der Waals surface area (Å²) in [5, 5.41) is 8.43. The van der Waals surface area contributed by atoms with Crippen LogP contribution in [-0.2, 0) is 15.0 Å². The second kappa shape index (κ2) is 9.29. The van der Waals surface area contributed by atoms with Crippen LogP contribution >= 0.6 is 0 Å². The zero-order chi connectivity index (χ0) is 14.0. The molecule has 3 N–H and O–H groups in total. The fourth-order valence-corrected chi connectivity index (χ4v) is 2.36. The fourth-order valence-electron chi connectivity index (χ4n) is 1.29. The Morgan fingerprint density at radius 2 is 1.72 bits per heavy atom. The van der Waals surface area contributed by atoms with Crippen LogP contribution in [0.4, 0.5) is 0 Å². The number of carboxylic acids is 1. The summed E-state index contributed by atoms with van der Waals surface area (Å²) >= 11 is 0. The first-order valence-electron chi connectivity index (χ1n) is 6.29. The van der Waals surface area contributed by atoms with Crippen LogP contribution in [0.1, 0.15) is 46.0 Å². The second-order valence-corrected chi connectivity index (χ2v) is 6.28. The molecule has 0 atom stereocenters. The first kappa shape index (κ1) is 17.3. The van der Waals surface area contributed by atoms with Crippen molar-refractivity contribution in [1.82, 2.24) is 9.44 Å². The van der Waals surface area contributed by atoms with Gasteiger partial charge in [-0.2, -0.15) is 8.42 Å². The lowest BCUT2D eigenvalue weighted by molar-refractivity contribution is -0.137. The monoisotopic (exact) mass is 280 g/mol. The SMILES string of the molecule is CC(C)CNS(=O)(=O)NCCCCCCC(=O)O. The van der Waals surface area contributed by atoms with E-state index in [2.05, 4.69) is 9.44 Å². The number of rotatable bonds is 11. The van der Waals surface area contributed by atoms with Gasteiger partial charge in [-0.05, 0) is 18.8 Å². The summed E-state index contributed by atoms with van der Waals surface area (Å²) < 4.78 is 27.7. The molecule has 0 rings (SSSR count). The van der Waals surface area contributed by atoms with E-state index in [9.17, 15) is 13.2 Å². The molecule has 0 heterocycles. The number of carboxylic acid groups (broad SMARTS) is 1. The molecule has 0 fully saturated rings. The van der Waals surface area contributed by atoms with Gasteiger partial charge in [0.15, 0.2) is 0 Å². The van der Waals surface area contributed by atoms with E-state index in [0.29, 0.717) is 19.5 Å². The first-order chi connectivity index (χ1) is 8.33. The quantitative estimate of drug-likeness (QED) is 0.494. The van der Waals surface area contributed by atoms with Gasteiger partial charge in [0.05, 0.1) is 0 Å². The Hall–Kier alpha value is -0.660. The van der Waals surface area contributed by atoms with Crippen molar-refractivity contribution in [2.75, 3.05) is 13.1 Å². The molecule has 0 spiro atoms. The van der Waals surface area contributed by atoms with Gasteiger partial charge in [-0.25, -0.2) is 9.44 Å².